The molecule has 0 saturated heterocycles. The molecule has 0 radical (unpaired) electrons. The molecular formula is C44H54CaN12. The van der Waals surface area contributed by atoms with Gasteiger partial charge in [0, 0.05) is 34.2 Å². The molecular weight excluding hydrogens is 737 g/mol. The van der Waals surface area contributed by atoms with Crippen LogP contribution in [0.15, 0.2) is 109 Å². The molecule has 0 saturated carbocycles. The molecule has 0 amide bonds. The topological polar surface area (TPSA) is 101 Å². The number of hydrogen-bond acceptors (Lipinski definition) is 6. The maximum atomic E-state index is 4.62. The van der Waals surface area contributed by atoms with Crippen molar-refractivity contribution in [2.45, 2.75) is 83.1 Å². The minimum absolute atomic E-state index is 0. The zero-order chi connectivity index (χ0) is 40.5. The molecule has 13 heteroatoms. The van der Waals surface area contributed by atoms with Crippen molar-refractivity contribution in [1.82, 2.24) is 30.6 Å². The van der Waals surface area contributed by atoms with Gasteiger partial charge in [-0.3, -0.25) is 0 Å². The molecule has 8 aromatic rings. The zero-order valence-corrected chi connectivity index (χ0v) is 37.7. The summed E-state index contributed by atoms with van der Waals surface area (Å²) in [6.45, 7) is 24.2. The zero-order valence-electron chi connectivity index (χ0n) is 35.5. The van der Waals surface area contributed by atoms with Gasteiger partial charge in [0.25, 0.3) is 0 Å². The minimum Gasteiger partial charge on any atom is -0.187 e. The van der Waals surface area contributed by atoms with Gasteiger partial charge >= 0.3 is 50.3 Å². The standard InChI is InChI=1S/2C16H21N6.2C6H6.Ca/c2*1-10-7-13(4)20(17-10)16(21-14(5)8-11(2)18-21)22-15(6)9-12(3)19-22;2*1-2-4-6-5-3-1;/h2*7-9H,1-6H3;2*1-6H;/q2*-1;;;+2. The Balaban J connectivity index is 0.000000193. The van der Waals surface area contributed by atoms with Gasteiger partial charge < -0.3 is 0 Å². The number of aryl methyl sites for hydroxylation is 12. The molecule has 12 nitrogen and oxygen atoms in total. The van der Waals surface area contributed by atoms with Crippen molar-refractivity contribution in [3.63, 3.8) is 0 Å². The molecule has 292 valence electrons. The van der Waals surface area contributed by atoms with Crippen LogP contribution in [0.25, 0.3) is 0 Å². The van der Waals surface area contributed by atoms with Crippen molar-refractivity contribution in [2.75, 3.05) is 0 Å². The molecule has 57 heavy (non-hydrogen) atoms. The van der Waals surface area contributed by atoms with Crippen molar-refractivity contribution in [2.24, 2.45) is 0 Å². The quantitative estimate of drug-likeness (QED) is 0.146. The Morgan fingerprint density at radius 2 is 0.421 bits per heavy atom. The third-order valence-electron chi connectivity index (χ3n) is 8.53. The maximum absolute atomic E-state index is 4.62. The Labute approximate surface area is 367 Å². The molecule has 0 aliphatic rings. The van der Waals surface area contributed by atoms with E-state index < -0.39 is 0 Å². The van der Waals surface area contributed by atoms with Crippen LogP contribution in [0, 0.1) is 95.7 Å². The van der Waals surface area contributed by atoms with Crippen molar-refractivity contribution >= 4 is 37.7 Å². The predicted octanol–water partition coefficient (Wildman–Crippen LogP) is 3.26. The molecule has 6 heterocycles. The molecule has 0 atom stereocenters. The van der Waals surface area contributed by atoms with E-state index in [0.29, 0.717) is 0 Å². The molecule has 0 aliphatic heterocycles. The van der Waals surface area contributed by atoms with Crippen LogP contribution in [0.2, 0.25) is 0 Å². The fourth-order valence-electron chi connectivity index (χ4n) is 6.30. The van der Waals surface area contributed by atoms with Gasteiger partial charge in [-0.2, -0.15) is 95.1 Å². The van der Waals surface area contributed by atoms with Crippen LogP contribution in [-0.4, -0.2) is 68.3 Å². The van der Waals surface area contributed by atoms with Crippen molar-refractivity contribution in [3.05, 3.63) is 190 Å². The van der Waals surface area contributed by atoms with Crippen molar-refractivity contribution in [1.29, 1.82) is 0 Å². The third-order valence-corrected chi connectivity index (χ3v) is 8.53. The van der Waals surface area contributed by atoms with Crippen molar-refractivity contribution in [3.8, 4) is 0 Å². The van der Waals surface area contributed by atoms with Gasteiger partial charge in [0.15, 0.2) is 0 Å². The smallest absolute Gasteiger partial charge is 0.187 e. The van der Waals surface area contributed by atoms with E-state index >= 15 is 0 Å². The van der Waals surface area contributed by atoms with E-state index in [1.54, 1.807) is 0 Å². The second kappa shape index (κ2) is 20.2. The molecule has 0 fully saturated rings. The third kappa shape index (κ3) is 11.4. The average Bonchev–Trinajstić information content (AvgIpc) is 4.00. The first-order chi connectivity index (χ1) is 26.7. The van der Waals surface area contributed by atoms with Gasteiger partial charge in [-0.25, -0.2) is 0 Å². The average molecular weight is 791 g/mol. The van der Waals surface area contributed by atoms with Crippen LogP contribution < -0.4 is 28.1 Å². The maximum Gasteiger partial charge on any atom is 2.00 e. The van der Waals surface area contributed by atoms with E-state index in [2.05, 4.69) is 67.0 Å². The number of aromatic nitrogens is 12. The first-order valence-electron chi connectivity index (χ1n) is 18.7. The van der Waals surface area contributed by atoms with Crippen LogP contribution >= 0.6 is 0 Å². The molecule has 6 aromatic heterocycles. The summed E-state index contributed by atoms with van der Waals surface area (Å²) in [7, 11) is 0. The SMILES string of the molecule is Cc1c[c-](C)[n+]([C-]([n+]2nc(C)c[c-]2C)[n+]2nc(C)c[c-]2C)n1.Cc1c[c-](C)[n+]([C-]([n+]2nc(C)c[c-]2C)[n+]2nc(C)c[c-]2C)n1.[Ca+2].c1ccccc1.c1ccccc1. The molecule has 2 aromatic carbocycles. The van der Waals surface area contributed by atoms with Crippen LogP contribution in [-0.2, 0) is 0 Å². The van der Waals surface area contributed by atoms with E-state index in [9.17, 15) is 0 Å². The van der Waals surface area contributed by atoms with Gasteiger partial charge in [-0.05, 0) is 0 Å². The Morgan fingerprint density at radius 1 is 0.298 bits per heavy atom. The first-order valence-corrected chi connectivity index (χ1v) is 18.7. The largest absolute Gasteiger partial charge is 2.00 e. The van der Waals surface area contributed by atoms with Crippen molar-refractivity contribution < 1.29 is 28.1 Å². The minimum atomic E-state index is 0. The summed E-state index contributed by atoms with van der Waals surface area (Å²) in [6.07, 6.45) is 1.61. The molecule has 0 N–H and O–H groups in total. The van der Waals surface area contributed by atoms with E-state index in [-0.39, 0.29) is 37.7 Å². The monoisotopic (exact) mass is 790 g/mol. The molecule has 0 unspecified atom stereocenters. The number of rotatable bonds is 6. The van der Waals surface area contributed by atoms with Crippen LogP contribution in [0.4, 0.5) is 0 Å². The van der Waals surface area contributed by atoms with Gasteiger partial charge in [0.1, 0.15) is 0 Å². The Bertz CT molecular complexity index is 1980. The Morgan fingerprint density at radius 3 is 0.509 bits per heavy atom. The summed E-state index contributed by atoms with van der Waals surface area (Å²) in [5, 5.41) is 27.7. The molecule has 0 aliphatic carbocycles. The van der Waals surface area contributed by atoms with Gasteiger partial charge in [0.05, 0.1) is 0 Å². The predicted molar refractivity (Wildman–Crippen MR) is 215 cm³/mol. The summed E-state index contributed by atoms with van der Waals surface area (Å²) in [5.74, 6) is 0. The van der Waals surface area contributed by atoms with Gasteiger partial charge in [-0.15, -0.1) is 41.5 Å². The second-order valence-electron chi connectivity index (χ2n) is 13.9. The summed E-state index contributed by atoms with van der Waals surface area (Å²) < 4.78 is 11.4. The van der Waals surface area contributed by atoms with Crippen LogP contribution in [0.1, 0.15) is 68.3 Å². The Kier molecular flexibility index (Phi) is 15.8. The fourth-order valence-corrected chi connectivity index (χ4v) is 6.30. The van der Waals surface area contributed by atoms with E-state index in [1.165, 1.54) is 0 Å². The van der Waals surface area contributed by atoms with Crippen LogP contribution in [0.5, 0.6) is 0 Å². The molecule has 0 bridgehead atoms. The molecule has 0 spiro atoms. The number of benzene rings is 2. The first kappa shape index (κ1) is 44.4. The number of hydrogen-bond donors (Lipinski definition) is 0. The summed E-state index contributed by atoms with van der Waals surface area (Å²) in [5.41, 5.74) is 12.1. The Hall–Kier alpha value is -5.30. The fraction of sp³-hybridized carbons (Fsp3) is 0.273. The van der Waals surface area contributed by atoms with E-state index in [0.717, 1.165) is 80.9 Å². The normalized spacial score (nSPS) is 10.3. The summed E-state index contributed by atoms with van der Waals surface area (Å²) in [4.78, 5) is 0. The second-order valence-corrected chi connectivity index (χ2v) is 13.9. The number of nitrogens with zero attached hydrogens (tertiary/aromatic N) is 12. The van der Waals surface area contributed by atoms with E-state index in [1.807, 2.05) is 184 Å². The molecule has 8 rings (SSSR count). The van der Waals surface area contributed by atoms with Gasteiger partial charge in [-0.1, -0.05) is 149 Å². The summed E-state index contributed by atoms with van der Waals surface area (Å²) in [6, 6.07) is 36.3. The van der Waals surface area contributed by atoms with Gasteiger partial charge in [0.2, 0.25) is 0 Å². The summed E-state index contributed by atoms with van der Waals surface area (Å²) >= 11 is 0. The van der Waals surface area contributed by atoms with E-state index in [4.69, 9.17) is 0 Å². The van der Waals surface area contributed by atoms with Crippen LogP contribution in [0.3, 0.4) is 0 Å².